The highest BCUT2D eigenvalue weighted by atomic mass is 35.5. The smallest absolute Gasteiger partial charge is 0.242 e. The van der Waals surface area contributed by atoms with Crippen LogP contribution in [-0.4, -0.2) is 19.4 Å². The van der Waals surface area contributed by atoms with E-state index in [1.807, 2.05) is 6.07 Å². The number of nitriles is 1. The average Bonchev–Trinajstić information content (AvgIpc) is 2.21. The van der Waals surface area contributed by atoms with Gasteiger partial charge in [0.2, 0.25) is 10.0 Å². The van der Waals surface area contributed by atoms with Crippen LogP contribution in [0.15, 0.2) is 17.2 Å². The summed E-state index contributed by atoms with van der Waals surface area (Å²) in [5, 5.41) is 8.54. The second kappa shape index (κ2) is 5.65. The fraction of sp³-hybridized carbons (Fsp3) is 0.333. The molecule has 17 heavy (non-hydrogen) atoms. The zero-order valence-electron chi connectivity index (χ0n) is 8.81. The van der Waals surface area contributed by atoms with Gasteiger partial charge in [0.15, 0.2) is 0 Å². The first-order valence-electron chi connectivity index (χ1n) is 4.57. The second-order valence-electron chi connectivity index (χ2n) is 3.33. The standard InChI is InChI=1S/C9H9Cl2N3O2S/c1-6(2-3-12)14-17(15,16)7-4-8(10)9(11)13-5-7/h4-6,14H,2H2,1H3. The Morgan fingerprint density at radius 1 is 1.59 bits per heavy atom. The van der Waals surface area contributed by atoms with Gasteiger partial charge in [-0.3, -0.25) is 0 Å². The van der Waals surface area contributed by atoms with Gasteiger partial charge in [-0.1, -0.05) is 23.2 Å². The third-order valence-electron chi connectivity index (χ3n) is 1.84. The number of aromatic nitrogens is 1. The van der Waals surface area contributed by atoms with Gasteiger partial charge in [-0.05, 0) is 13.0 Å². The molecule has 0 bridgehead atoms. The average molecular weight is 294 g/mol. The van der Waals surface area contributed by atoms with Gasteiger partial charge in [0.1, 0.15) is 10.0 Å². The topological polar surface area (TPSA) is 82.9 Å². The lowest BCUT2D eigenvalue weighted by atomic mass is 10.3. The summed E-state index contributed by atoms with van der Waals surface area (Å²) < 4.78 is 26.0. The number of hydrogen-bond donors (Lipinski definition) is 1. The van der Waals surface area contributed by atoms with Gasteiger partial charge in [0.25, 0.3) is 0 Å². The molecule has 0 aliphatic rings. The maximum Gasteiger partial charge on any atom is 0.242 e. The molecule has 1 atom stereocenters. The summed E-state index contributed by atoms with van der Waals surface area (Å²) in [5.74, 6) is 0. The highest BCUT2D eigenvalue weighted by Gasteiger charge is 2.18. The minimum absolute atomic E-state index is 0.0377. The van der Waals surface area contributed by atoms with Crippen molar-refractivity contribution >= 4 is 33.2 Å². The first-order chi connectivity index (χ1) is 7.86. The lowest BCUT2D eigenvalue weighted by Gasteiger charge is -2.11. The molecule has 0 fully saturated rings. The summed E-state index contributed by atoms with van der Waals surface area (Å²) >= 11 is 11.3. The molecule has 8 heteroatoms. The highest BCUT2D eigenvalue weighted by Crippen LogP contribution is 2.22. The van der Waals surface area contributed by atoms with E-state index in [-0.39, 0.29) is 21.5 Å². The zero-order valence-corrected chi connectivity index (χ0v) is 11.1. The van der Waals surface area contributed by atoms with Gasteiger partial charge in [-0.25, -0.2) is 18.1 Å². The number of nitrogens with zero attached hydrogens (tertiary/aromatic N) is 2. The maximum atomic E-state index is 11.8. The third kappa shape index (κ3) is 3.82. The molecule has 0 saturated carbocycles. The van der Waals surface area contributed by atoms with Crippen molar-refractivity contribution in [1.82, 2.24) is 9.71 Å². The number of hydrogen-bond acceptors (Lipinski definition) is 4. The largest absolute Gasteiger partial charge is 0.242 e. The molecule has 1 heterocycles. The molecule has 1 N–H and O–H groups in total. The lowest BCUT2D eigenvalue weighted by Crippen LogP contribution is -2.32. The first-order valence-corrected chi connectivity index (χ1v) is 6.81. The maximum absolute atomic E-state index is 11.8. The van der Waals surface area contributed by atoms with E-state index < -0.39 is 16.1 Å². The van der Waals surface area contributed by atoms with E-state index in [0.29, 0.717) is 0 Å². The van der Waals surface area contributed by atoms with Gasteiger partial charge >= 0.3 is 0 Å². The Morgan fingerprint density at radius 2 is 2.24 bits per heavy atom. The normalized spacial score (nSPS) is 13.1. The van der Waals surface area contributed by atoms with Crippen LogP contribution in [0.5, 0.6) is 0 Å². The Hall–Kier alpha value is -0.870. The van der Waals surface area contributed by atoms with Crippen LogP contribution in [0.25, 0.3) is 0 Å². The predicted octanol–water partition coefficient (Wildman–Crippen LogP) is 1.97. The molecule has 5 nitrogen and oxygen atoms in total. The molecule has 1 unspecified atom stereocenters. The number of halogens is 2. The van der Waals surface area contributed by atoms with Crippen LogP contribution < -0.4 is 4.72 Å². The summed E-state index contributed by atoms with van der Waals surface area (Å²) in [6.07, 6.45) is 1.18. The molecule has 1 aromatic heterocycles. The Kier molecular flexibility index (Phi) is 4.71. The van der Waals surface area contributed by atoms with Crippen LogP contribution in [0.2, 0.25) is 10.2 Å². The van der Waals surface area contributed by atoms with E-state index >= 15 is 0 Å². The molecule has 0 spiro atoms. The highest BCUT2D eigenvalue weighted by molar-refractivity contribution is 7.89. The van der Waals surface area contributed by atoms with Crippen LogP contribution in [0.3, 0.4) is 0 Å². The Labute approximate surface area is 109 Å². The molecule has 1 aromatic rings. The van der Waals surface area contributed by atoms with Crippen LogP contribution in [0, 0.1) is 11.3 Å². The second-order valence-corrected chi connectivity index (χ2v) is 5.81. The number of pyridine rings is 1. The Bertz CT molecular complexity index is 554. The summed E-state index contributed by atoms with van der Waals surface area (Å²) in [4.78, 5) is 3.56. The van der Waals surface area contributed by atoms with Crippen LogP contribution in [0.4, 0.5) is 0 Å². The van der Waals surface area contributed by atoms with Gasteiger partial charge in [-0.15, -0.1) is 0 Å². The predicted molar refractivity (Wildman–Crippen MR) is 64.3 cm³/mol. The van der Waals surface area contributed by atoms with Crippen molar-refractivity contribution in [2.24, 2.45) is 0 Å². The van der Waals surface area contributed by atoms with Crippen LogP contribution in [-0.2, 0) is 10.0 Å². The number of rotatable bonds is 4. The van der Waals surface area contributed by atoms with Crippen LogP contribution >= 0.6 is 23.2 Å². The zero-order chi connectivity index (χ0) is 13.1. The molecule has 0 aliphatic heterocycles. The summed E-state index contributed by atoms with van der Waals surface area (Å²) in [5.41, 5.74) is 0. The van der Waals surface area contributed by atoms with E-state index in [9.17, 15) is 8.42 Å². The van der Waals surface area contributed by atoms with Gasteiger partial charge < -0.3 is 0 Å². The molecule has 0 aromatic carbocycles. The SMILES string of the molecule is CC(CC#N)NS(=O)(=O)c1cnc(Cl)c(Cl)c1. The van der Waals surface area contributed by atoms with Gasteiger partial charge in [0.05, 0.1) is 17.5 Å². The van der Waals surface area contributed by atoms with Crippen molar-refractivity contribution in [3.05, 3.63) is 22.4 Å². The van der Waals surface area contributed by atoms with Crippen molar-refractivity contribution in [2.75, 3.05) is 0 Å². The summed E-state index contributed by atoms with van der Waals surface area (Å²) in [6, 6.07) is 2.59. The Balaban J connectivity index is 2.98. The quantitative estimate of drug-likeness (QED) is 0.861. The van der Waals surface area contributed by atoms with E-state index in [0.717, 1.165) is 6.20 Å². The molecular formula is C9H9Cl2N3O2S. The molecule has 0 saturated heterocycles. The molecule has 0 aliphatic carbocycles. The molecule has 92 valence electrons. The number of sulfonamides is 1. The van der Waals surface area contributed by atoms with Gasteiger partial charge in [0, 0.05) is 12.2 Å². The fourth-order valence-electron chi connectivity index (χ4n) is 1.06. The summed E-state index contributed by atoms with van der Waals surface area (Å²) in [7, 11) is -3.73. The fourth-order valence-corrected chi connectivity index (χ4v) is 2.61. The Morgan fingerprint density at radius 3 is 2.76 bits per heavy atom. The van der Waals surface area contributed by atoms with Crippen molar-refractivity contribution in [3.8, 4) is 6.07 Å². The van der Waals surface area contributed by atoms with E-state index in [1.165, 1.54) is 6.07 Å². The van der Waals surface area contributed by atoms with E-state index in [2.05, 4.69) is 9.71 Å². The monoisotopic (exact) mass is 293 g/mol. The lowest BCUT2D eigenvalue weighted by molar-refractivity contribution is 0.563. The minimum atomic E-state index is -3.73. The van der Waals surface area contributed by atoms with Crippen molar-refractivity contribution in [3.63, 3.8) is 0 Å². The van der Waals surface area contributed by atoms with Crippen LogP contribution in [0.1, 0.15) is 13.3 Å². The van der Waals surface area contributed by atoms with Crippen molar-refractivity contribution in [2.45, 2.75) is 24.3 Å². The van der Waals surface area contributed by atoms with Crippen molar-refractivity contribution in [1.29, 1.82) is 5.26 Å². The molecule has 0 amide bonds. The van der Waals surface area contributed by atoms with E-state index in [4.69, 9.17) is 28.5 Å². The first kappa shape index (κ1) is 14.2. The van der Waals surface area contributed by atoms with Gasteiger partial charge in [-0.2, -0.15) is 5.26 Å². The molecular weight excluding hydrogens is 285 g/mol. The van der Waals surface area contributed by atoms with E-state index in [1.54, 1.807) is 6.92 Å². The molecule has 1 rings (SSSR count). The minimum Gasteiger partial charge on any atom is -0.242 e. The summed E-state index contributed by atoms with van der Waals surface area (Å²) in [6.45, 7) is 1.59. The number of nitrogens with one attached hydrogen (secondary N) is 1. The third-order valence-corrected chi connectivity index (χ3v) is 4.08. The van der Waals surface area contributed by atoms with Crippen molar-refractivity contribution < 1.29 is 8.42 Å². The molecule has 0 radical (unpaired) electrons.